The summed E-state index contributed by atoms with van der Waals surface area (Å²) in [5.41, 5.74) is 0. The Morgan fingerprint density at radius 1 is 0.407 bits per heavy atom. The van der Waals surface area contributed by atoms with E-state index in [-0.39, 0.29) is 0 Å². The molecular formula is C51H98N2O. The minimum atomic E-state index is 0.436. The van der Waals surface area contributed by atoms with Crippen molar-refractivity contribution in [1.29, 1.82) is 0 Å². The van der Waals surface area contributed by atoms with Crippen molar-refractivity contribution in [2.24, 2.45) is 0 Å². The van der Waals surface area contributed by atoms with Crippen LogP contribution in [0.1, 0.15) is 252 Å². The lowest BCUT2D eigenvalue weighted by Gasteiger charge is -2.33. The fourth-order valence-electron chi connectivity index (χ4n) is 7.72. The Bertz CT molecular complexity index is 829. The molecule has 0 radical (unpaired) electrons. The lowest BCUT2D eigenvalue weighted by molar-refractivity contribution is -0.134. The van der Waals surface area contributed by atoms with Crippen molar-refractivity contribution in [3.05, 3.63) is 36.5 Å². The molecular weight excluding hydrogens is 657 g/mol. The number of unbranched alkanes of at least 4 members (excludes halogenated alkanes) is 26. The predicted molar refractivity (Wildman–Crippen MR) is 245 cm³/mol. The highest BCUT2D eigenvalue weighted by Crippen LogP contribution is 2.22. The topological polar surface area (TPSA) is 23.6 Å². The molecule has 1 amide bonds. The number of carbonyl (C=O) groups excluding carboxylic acids is 1. The molecule has 1 atom stereocenters. The van der Waals surface area contributed by atoms with E-state index in [0.29, 0.717) is 11.9 Å². The molecule has 0 spiro atoms. The third kappa shape index (κ3) is 38.9. The van der Waals surface area contributed by atoms with Crippen molar-refractivity contribution in [1.82, 2.24) is 9.80 Å². The SMILES string of the molecule is CCCCC/C=C\C/C=C\CCCCCCCCC(CCCCCCCCCCC/C=C\CCCCC)N(CCCN(C)C)C(=O)CCCCCCCC. The molecule has 0 fully saturated rings. The highest BCUT2D eigenvalue weighted by Gasteiger charge is 2.22. The van der Waals surface area contributed by atoms with E-state index in [1.54, 1.807) is 0 Å². The predicted octanol–water partition coefficient (Wildman–Crippen LogP) is 16.5. The van der Waals surface area contributed by atoms with Crippen molar-refractivity contribution in [2.45, 2.75) is 258 Å². The standard InChI is InChI=1S/C51H98N2O/c1-6-9-12-15-18-20-22-24-26-28-30-32-34-36-38-41-45-50(53(49-44-48-52(4)5)51(54)47-43-40-17-14-11-8-3)46-42-39-37-35-33-31-29-27-25-23-21-19-16-13-10-7-2/h18-21,24,26,50H,6-17,22-23,25,27-49H2,1-5H3/b20-18-,21-19-,26-24-. The molecule has 0 aromatic carbocycles. The molecule has 0 saturated heterocycles. The lowest BCUT2D eigenvalue weighted by atomic mass is 9.97. The van der Waals surface area contributed by atoms with Gasteiger partial charge in [-0.05, 0) is 104 Å². The number of hydrogen-bond donors (Lipinski definition) is 0. The monoisotopic (exact) mass is 755 g/mol. The second-order valence-electron chi connectivity index (χ2n) is 17.0. The molecule has 0 heterocycles. The Balaban J connectivity index is 4.68. The molecule has 0 rings (SSSR count). The number of amides is 1. The number of carbonyl (C=O) groups is 1. The molecule has 0 aromatic rings. The summed E-state index contributed by atoms with van der Waals surface area (Å²) in [6, 6.07) is 0.436. The van der Waals surface area contributed by atoms with E-state index >= 15 is 0 Å². The highest BCUT2D eigenvalue weighted by atomic mass is 16.2. The van der Waals surface area contributed by atoms with E-state index in [4.69, 9.17) is 0 Å². The van der Waals surface area contributed by atoms with E-state index in [2.05, 4.69) is 81.1 Å². The van der Waals surface area contributed by atoms with Gasteiger partial charge in [-0.15, -0.1) is 0 Å². The Hall–Kier alpha value is -1.35. The summed E-state index contributed by atoms with van der Waals surface area (Å²) in [5.74, 6) is 0.446. The molecule has 54 heavy (non-hydrogen) atoms. The van der Waals surface area contributed by atoms with E-state index in [1.165, 1.54) is 205 Å². The first-order valence-corrected chi connectivity index (χ1v) is 24.5. The second-order valence-corrected chi connectivity index (χ2v) is 17.0. The van der Waals surface area contributed by atoms with Crippen LogP contribution in [-0.2, 0) is 4.79 Å². The number of allylic oxidation sites excluding steroid dienone is 6. The van der Waals surface area contributed by atoms with E-state index in [9.17, 15) is 4.79 Å². The van der Waals surface area contributed by atoms with Gasteiger partial charge < -0.3 is 9.80 Å². The van der Waals surface area contributed by atoms with Gasteiger partial charge in [-0.25, -0.2) is 0 Å². The molecule has 0 saturated carbocycles. The molecule has 0 aromatic heterocycles. The maximum atomic E-state index is 13.8. The zero-order chi connectivity index (χ0) is 39.4. The van der Waals surface area contributed by atoms with Crippen LogP contribution in [0.4, 0.5) is 0 Å². The van der Waals surface area contributed by atoms with Gasteiger partial charge >= 0.3 is 0 Å². The van der Waals surface area contributed by atoms with Gasteiger partial charge in [0, 0.05) is 19.0 Å². The normalized spacial score (nSPS) is 12.7. The molecule has 0 aliphatic carbocycles. The highest BCUT2D eigenvalue weighted by molar-refractivity contribution is 5.76. The third-order valence-corrected chi connectivity index (χ3v) is 11.3. The fourth-order valence-corrected chi connectivity index (χ4v) is 7.72. The summed E-state index contributed by atoms with van der Waals surface area (Å²) >= 11 is 0. The maximum Gasteiger partial charge on any atom is 0.222 e. The van der Waals surface area contributed by atoms with Gasteiger partial charge in [0.2, 0.25) is 5.91 Å². The summed E-state index contributed by atoms with van der Waals surface area (Å²) in [6.07, 6.45) is 60.5. The summed E-state index contributed by atoms with van der Waals surface area (Å²) in [5, 5.41) is 0. The minimum absolute atomic E-state index is 0.436. The zero-order valence-corrected chi connectivity index (χ0v) is 37.7. The van der Waals surface area contributed by atoms with Crippen molar-refractivity contribution < 1.29 is 4.79 Å². The summed E-state index contributed by atoms with van der Waals surface area (Å²) in [4.78, 5) is 18.4. The van der Waals surface area contributed by atoms with Crippen LogP contribution in [0.2, 0.25) is 0 Å². The first-order chi connectivity index (χ1) is 26.6. The molecule has 318 valence electrons. The molecule has 3 heteroatoms. The molecule has 0 aliphatic rings. The molecule has 0 N–H and O–H groups in total. The first-order valence-electron chi connectivity index (χ1n) is 24.5. The molecule has 0 bridgehead atoms. The van der Waals surface area contributed by atoms with Gasteiger partial charge in [0.15, 0.2) is 0 Å². The minimum Gasteiger partial charge on any atom is -0.340 e. The Morgan fingerprint density at radius 2 is 0.759 bits per heavy atom. The largest absolute Gasteiger partial charge is 0.340 e. The summed E-state index contributed by atoms with van der Waals surface area (Å²) in [7, 11) is 4.33. The number of rotatable bonds is 43. The van der Waals surface area contributed by atoms with Crippen LogP contribution in [-0.4, -0.2) is 48.9 Å². The molecule has 0 aliphatic heterocycles. The van der Waals surface area contributed by atoms with Gasteiger partial charge in [-0.1, -0.05) is 198 Å². The van der Waals surface area contributed by atoms with Crippen LogP contribution < -0.4 is 0 Å². The van der Waals surface area contributed by atoms with Crippen LogP contribution in [0.25, 0.3) is 0 Å². The summed E-state index contributed by atoms with van der Waals surface area (Å²) in [6.45, 7) is 8.84. The van der Waals surface area contributed by atoms with Crippen LogP contribution in [0, 0.1) is 0 Å². The van der Waals surface area contributed by atoms with Gasteiger partial charge in [0.05, 0.1) is 0 Å². The van der Waals surface area contributed by atoms with Gasteiger partial charge in [0.1, 0.15) is 0 Å². The van der Waals surface area contributed by atoms with Crippen molar-refractivity contribution in [3.8, 4) is 0 Å². The van der Waals surface area contributed by atoms with Gasteiger partial charge in [-0.3, -0.25) is 4.79 Å². The fraction of sp³-hybridized carbons (Fsp3) is 0.863. The van der Waals surface area contributed by atoms with Crippen LogP contribution in [0.15, 0.2) is 36.5 Å². The molecule has 3 nitrogen and oxygen atoms in total. The van der Waals surface area contributed by atoms with Gasteiger partial charge in [0.25, 0.3) is 0 Å². The van der Waals surface area contributed by atoms with E-state index in [1.807, 2.05) is 0 Å². The second kappa shape index (κ2) is 44.4. The van der Waals surface area contributed by atoms with Crippen LogP contribution >= 0.6 is 0 Å². The Labute approximate surface area is 341 Å². The van der Waals surface area contributed by atoms with Gasteiger partial charge in [-0.2, -0.15) is 0 Å². The summed E-state index contributed by atoms with van der Waals surface area (Å²) < 4.78 is 0. The van der Waals surface area contributed by atoms with Crippen molar-refractivity contribution in [2.75, 3.05) is 27.2 Å². The third-order valence-electron chi connectivity index (χ3n) is 11.3. The van der Waals surface area contributed by atoms with E-state index in [0.717, 1.165) is 38.8 Å². The number of nitrogens with zero attached hydrogens (tertiary/aromatic N) is 2. The van der Waals surface area contributed by atoms with Crippen LogP contribution in [0.5, 0.6) is 0 Å². The maximum absolute atomic E-state index is 13.8. The van der Waals surface area contributed by atoms with E-state index < -0.39 is 0 Å². The van der Waals surface area contributed by atoms with Crippen molar-refractivity contribution >= 4 is 5.91 Å². The quantitative estimate of drug-likeness (QED) is 0.0457. The first kappa shape index (κ1) is 52.6. The average Bonchev–Trinajstić information content (AvgIpc) is 3.16. The van der Waals surface area contributed by atoms with Crippen molar-refractivity contribution in [3.63, 3.8) is 0 Å². The Kier molecular flexibility index (Phi) is 43.3. The molecule has 1 unspecified atom stereocenters. The Morgan fingerprint density at radius 3 is 1.20 bits per heavy atom. The average molecular weight is 755 g/mol. The zero-order valence-electron chi connectivity index (χ0n) is 37.7. The smallest absolute Gasteiger partial charge is 0.222 e. The van der Waals surface area contributed by atoms with Crippen LogP contribution in [0.3, 0.4) is 0 Å². The lowest BCUT2D eigenvalue weighted by Crippen LogP contribution is -2.41. The number of hydrogen-bond acceptors (Lipinski definition) is 2.